The molecule has 0 saturated carbocycles. The zero-order chi connectivity index (χ0) is 15.9. The maximum absolute atomic E-state index is 11.4. The van der Waals surface area contributed by atoms with E-state index in [9.17, 15) is 9.90 Å². The molecule has 0 spiro atoms. The van der Waals surface area contributed by atoms with Crippen LogP contribution in [-0.4, -0.2) is 16.8 Å². The fourth-order valence-corrected chi connectivity index (χ4v) is 3.98. The van der Waals surface area contributed by atoms with E-state index in [0.717, 1.165) is 4.88 Å². The van der Waals surface area contributed by atoms with Gasteiger partial charge in [-0.3, -0.25) is 5.01 Å². The van der Waals surface area contributed by atoms with Crippen LogP contribution in [0.2, 0.25) is 10.0 Å². The molecule has 1 aliphatic heterocycles. The Morgan fingerprint density at radius 3 is 2.73 bits per heavy atom. The number of carboxylic acids is 1. The van der Waals surface area contributed by atoms with Gasteiger partial charge >= 0.3 is 5.97 Å². The highest BCUT2D eigenvalue weighted by Crippen LogP contribution is 2.43. The van der Waals surface area contributed by atoms with Crippen molar-refractivity contribution in [3.05, 3.63) is 50.6 Å². The van der Waals surface area contributed by atoms with Crippen molar-refractivity contribution in [3.8, 4) is 0 Å². The molecule has 1 aromatic carbocycles. The number of halogens is 2. The highest BCUT2D eigenvalue weighted by Gasteiger charge is 2.40. The van der Waals surface area contributed by atoms with E-state index >= 15 is 0 Å². The first-order valence-corrected chi connectivity index (χ1v) is 8.22. The van der Waals surface area contributed by atoms with E-state index in [1.54, 1.807) is 34.5 Å². The fourth-order valence-electron chi connectivity index (χ4n) is 2.57. The molecule has 1 aromatic heterocycles. The van der Waals surface area contributed by atoms with Gasteiger partial charge in [0.1, 0.15) is 0 Å². The molecule has 1 aliphatic rings. The minimum absolute atomic E-state index is 0.129. The van der Waals surface area contributed by atoms with Crippen LogP contribution in [0.15, 0.2) is 40.8 Å². The number of hydrogen-bond donors (Lipinski definition) is 1. The third-order valence-electron chi connectivity index (χ3n) is 3.59. The van der Waals surface area contributed by atoms with Crippen molar-refractivity contribution < 1.29 is 9.90 Å². The van der Waals surface area contributed by atoms with Crippen molar-refractivity contribution in [2.75, 3.05) is 5.01 Å². The molecule has 4 nitrogen and oxygen atoms in total. The number of hydrazone groups is 1. The third-order valence-corrected chi connectivity index (χ3v) is 5.08. The summed E-state index contributed by atoms with van der Waals surface area (Å²) in [4.78, 5) is 12.5. The van der Waals surface area contributed by atoms with Gasteiger partial charge < -0.3 is 5.11 Å². The van der Waals surface area contributed by atoms with Gasteiger partial charge in [-0.15, -0.1) is 11.3 Å². The quantitative estimate of drug-likeness (QED) is 0.869. The number of aliphatic carboxylic acids is 1. The molecule has 114 valence electrons. The van der Waals surface area contributed by atoms with E-state index in [-0.39, 0.29) is 17.7 Å². The van der Waals surface area contributed by atoms with E-state index in [4.69, 9.17) is 23.2 Å². The zero-order valence-corrected chi connectivity index (χ0v) is 13.9. The molecule has 0 saturated heterocycles. The summed E-state index contributed by atoms with van der Waals surface area (Å²) >= 11 is 13.8. The first kappa shape index (κ1) is 15.3. The maximum atomic E-state index is 11.4. The van der Waals surface area contributed by atoms with Gasteiger partial charge in [-0.05, 0) is 29.6 Å². The second-order valence-corrected chi connectivity index (χ2v) is 6.80. The first-order chi connectivity index (χ1) is 10.5. The Morgan fingerprint density at radius 1 is 1.36 bits per heavy atom. The summed E-state index contributed by atoms with van der Waals surface area (Å²) in [7, 11) is 0. The number of hydrogen-bond acceptors (Lipinski definition) is 4. The molecule has 1 N–H and O–H groups in total. The fraction of sp³-hybridized carbons (Fsp3) is 0.200. The average molecular weight is 355 g/mol. The molecule has 7 heteroatoms. The van der Waals surface area contributed by atoms with Crippen molar-refractivity contribution in [2.24, 2.45) is 11.0 Å². The predicted molar refractivity (Wildman–Crippen MR) is 90.2 cm³/mol. The van der Waals surface area contributed by atoms with Crippen LogP contribution in [0.1, 0.15) is 17.8 Å². The average Bonchev–Trinajstić information content (AvgIpc) is 3.06. The highest BCUT2D eigenvalue weighted by atomic mass is 35.5. The van der Waals surface area contributed by atoms with Crippen molar-refractivity contribution in [2.45, 2.75) is 13.0 Å². The molecule has 2 atom stereocenters. The number of thiophene rings is 1. The van der Waals surface area contributed by atoms with E-state index in [0.29, 0.717) is 15.7 Å². The van der Waals surface area contributed by atoms with Crippen LogP contribution in [0.25, 0.3) is 0 Å². The zero-order valence-electron chi connectivity index (χ0n) is 11.5. The molecule has 0 radical (unpaired) electrons. The normalized spacial score (nSPS) is 21.0. The Balaban J connectivity index is 2.10. The van der Waals surface area contributed by atoms with Crippen LogP contribution < -0.4 is 5.01 Å². The van der Waals surface area contributed by atoms with E-state index in [1.807, 2.05) is 24.4 Å². The van der Waals surface area contributed by atoms with Crippen LogP contribution in [0.3, 0.4) is 0 Å². The summed E-state index contributed by atoms with van der Waals surface area (Å²) < 4.78 is 0. The summed E-state index contributed by atoms with van der Waals surface area (Å²) in [5.74, 6) is -1.26. The lowest BCUT2D eigenvalue weighted by Gasteiger charge is -2.26. The Labute approximate surface area is 141 Å². The third kappa shape index (κ3) is 2.60. The number of carboxylic acid groups (broad SMARTS) is 1. The van der Waals surface area contributed by atoms with Crippen LogP contribution in [0, 0.1) is 5.92 Å². The largest absolute Gasteiger partial charge is 0.477 e. The molecule has 0 aliphatic carbocycles. The van der Waals surface area contributed by atoms with Crippen molar-refractivity contribution >= 4 is 51.9 Å². The molecule has 2 heterocycles. The molecule has 0 unspecified atom stereocenters. The standard InChI is InChI=1S/C15H12Cl2N2O2S/c1-8-13(15(20)21)18-19(14(8)12-3-2-6-22-12)11-5-4-9(16)7-10(11)17/h2-8,14H,1H3,(H,20,21)/t8-,14-/m1/s1. The summed E-state index contributed by atoms with van der Waals surface area (Å²) in [5, 5.41) is 18.3. The minimum Gasteiger partial charge on any atom is -0.477 e. The lowest BCUT2D eigenvalue weighted by molar-refractivity contribution is -0.129. The molecular formula is C15H12Cl2N2O2S. The van der Waals surface area contributed by atoms with E-state index < -0.39 is 5.97 Å². The van der Waals surface area contributed by atoms with E-state index in [2.05, 4.69) is 5.10 Å². The molecule has 0 bridgehead atoms. The van der Waals surface area contributed by atoms with Crippen LogP contribution in [0.5, 0.6) is 0 Å². The monoisotopic (exact) mass is 354 g/mol. The molecular weight excluding hydrogens is 343 g/mol. The van der Waals surface area contributed by atoms with E-state index in [1.165, 1.54) is 0 Å². The maximum Gasteiger partial charge on any atom is 0.352 e. The van der Waals surface area contributed by atoms with Gasteiger partial charge in [0.25, 0.3) is 0 Å². The Hall–Kier alpha value is -1.56. The number of anilines is 1. The second kappa shape index (κ2) is 5.91. The topological polar surface area (TPSA) is 52.9 Å². The number of carbonyl (C=O) groups is 1. The summed E-state index contributed by atoms with van der Waals surface area (Å²) in [6.45, 7) is 1.86. The molecule has 0 amide bonds. The number of rotatable bonds is 3. The number of benzene rings is 1. The van der Waals surface area contributed by atoms with Crippen molar-refractivity contribution in [3.63, 3.8) is 0 Å². The van der Waals surface area contributed by atoms with Crippen LogP contribution in [-0.2, 0) is 4.79 Å². The minimum atomic E-state index is -1.01. The second-order valence-electron chi connectivity index (χ2n) is 4.98. The highest BCUT2D eigenvalue weighted by molar-refractivity contribution is 7.10. The van der Waals surface area contributed by atoms with Gasteiger partial charge in [0.05, 0.1) is 16.8 Å². The molecule has 0 fully saturated rings. The van der Waals surface area contributed by atoms with Gasteiger partial charge in [0, 0.05) is 15.8 Å². The van der Waals surface area contributed by atoms with Gasteiger partial charge in [-0.1, -0.05) is 36.2 Å². The SMILES string of the molecule is C[C@@H]1C(C(=O)O)=NN(c2ccc(Cl)cc2Cl)[C@H]1c1cccs1. The van der Waals surface area contributed by atoms with Crippen LogP contribution >= 0.6 is 34.5 Å². The number of nitrogens with zero attached hydrogens (tertiary/aromatic N) is 2. The lowest BCUT2D eigenvalue weighted by atomic mass is 9.96. The van der Waals surface area contributed by atoms with Crippen molar-refractivity contribution in [1.29, 1.82) is 0 Å². The summed E-state index contributed by atoms with van der Waals surface area (Å²) in [5.41, 5.74) is 0.775. The van der Waals surface area contributed by atoms with Crippen LogP contribution in [0.4, 0.5) is 5.69 Å². The molecule has 2 aromatic rings. The predicted octanol–water partition coefficient (Wildman–Crippen LogP) is 4.69. The Kier molecular flexibility index (Phi) is 4.12. The summed E-state index contributed by atoms with van der Waals surface area (Å²) in [6.07, 6.45) is 0. The molecule has 3 rings (SSSR count). The van der Waals surface area contributed by atoms with Crippen molar-refractivity contribution in [1.82, 2.24) is 0 Å². The first-order valence-electron chi connectivity index (χ1n) is 6.58. The Bertz CT molecular complexity index is 746. The Morgan fingerprint density at radius 2 is 2.14 bits per heavy atom. The summed E-state index contributed by atoms with van der Waals surface area (Å²) in [6, 6.07) is 8.82. The molecule has 22 heavy (non-hydrogen) atoms. The van der Waals surface area contributed by atoms with Gasteiger partial charge in [0.15, 0.2) is 5.71 Å². The van der Waals surface area contributed by atoms with Gasteiger partial charge in [-0.2, -0.15) is 5.10 Å². The lowest BCUT2D eigenvalue weighted by Crippen LogP contribution is -2.25. The van der Waals surface area contributed by atoms with Gasteiger partial charge in [0.2, 0.25) is 0 Å². The van der Waals surface area contributed by atoms with Gasteiger partial charge in [-0.25, -0.2) is 4.79 Å². The smallest absolute Gasteiger partial charge is 0.352 e.